The van der Waals surface area contributed by atoms with Crippen LogP contribution in [0.4, 0.5) is 0 Å². The molecule has 1 amide bonds. The van der Waals surface area contributed by atoms with Crippen molar-refractivity contribution in [1.29, 1.82) is 0 Å². The Hall–Kier alpha value is -1.13. The zero-order valence-corrected chi connectivity index (χ0v) is 11.6. The second kappa shape index (κ2) is 9.00. The van der Waals surface area contributed by atoms with Gasteiger partial charge in [0.1, 0.15) is 12.3 Å². The standard InChI is InChI=1S/C11H13N5O3S.Na.H/c1-18-9-4-2-8(3-5-9)7-19-13-10(17)6-16-11(20)12-14-15-16;;/h2-5H,6-7H2,1H3,(H,13,17)(H,12,15,20);;. The normalized spacial score (nSPS) is 9.81. The number of thiol groups is 1. The molecule has 1 aromatic heterocycles. The summed E-state index contributed by atoms with van der Waals surface area (Å²) in [5.41, 5.74) is 3.21. The van der Waals surface area contributed by atoms with E-state index < -0.39 is 0 Å². The molecule has 0 radical (unpaired) electrons. The number of hydroxylamine groups is 1. The van der Waals surface area contributed by atoms with Gasteiger partial charge in [0.05, 0.1) is 13.7 Å². The molecule has 0 saturated carbocycles. The first-order valence-corrected chi connectivity index (χ1v) is 6.12. The number of hydrogen-bond donors (Lipinski definition) is 2. The molecular weight excluding hydrogens is 305 g/mol. The second-order valence-electron chi connectivity index (χ2n) is 3.80. The summed E-state index contributed by atoms with van der Waals surface area (Å²) in [7, 11) is 1.60. The van der Waals surface area contributed by atoms with E-state index in [0.717, 1.165) is 11.3 Å². The van der Waals surface area contributed by atoms with Crippen molar-refractivity contribution in [2.45, 2.75) is 18.3 Å². The molecule has 1 N–H and O–H groups in total. The van der Waals surface area contributed by atoms with Gasteiger partial charge in [-0.2, -0.15) is 0 Å². The quantitative estimate of drug-likeness (QED) is 0.426. The van der Waals surface area contributed by atoms with E-state index in [1.54, 1.807) is 7.11 Å². The number of tetrazole rings is 1. The zero-order valence-electron chi connectivity index (χ0n) is 10.7. The Bertz CT molecular complexity index is 577. The van der Waals surface area contributed by atoms with Gasteiger partial charge in [-0.05, 0) is 28.1 Å². The summed E-state index contributed by atoms with van der Waals surface area (Å²) in [6.45, 7) is 0.188. The van der Waals surface area contributed by atoms with Crippen molar-refractivity contribution in [3.63, 3.8) is 0 Å². The molecule has 10 heteroatoms. The average Bonchev–Trinajstić information content (AvgIpc) is 2.85. The Kier molecular flexibility index (Phi) is 7.68. The minimum atomic E-state index is -0.374. The monoisotopic (exact) mass is 319 g/mol. The average molecular weight is 319 g/mol. The molecule has 0 atom stereocenters. The molecule has 0 spiro atoms. The molecule has 0 bridgehead atoms. The van der Waals surface area contributed by atoms with Crippen LogP contribution in [0.25, 0.3) is 0 Å². The van der Waals surface area contributed by atoms with Gasteiger partial charge in [0.15, 0.2) is 0 Å². The number of methoxy groups -OCH3 is 1. The summed E-state index contributed by atoms with van der Waals surface area (Å²) in [5.74, 6) is 0.388. The first-order chi connectivity index (χ1) is 9.69. The molecule has 0 aliphatic carbocycles. The van der Waals surface area contributed by atoms with Gasteiger partial charge < -0.3 is 4.74 Å². The third-order valence-corrected chi connectivity index (χ3v) is 2.71. The second-order valence-corrected chi connectivity index (χ2v) is 4.20. The van der Waals surface area contributed by atoms with Crippen molar-refractivity contribution in [2.75, 3.05) is 7.11 Å². The van der Waals surface area contributed by atoms with Crippen LogP contribution in [0.1, 0.15) is 5.56 Å². The fourth-order valence-corrected chi connectivity index (χ4v) is 1.54. The molecule has 0 fully saturated rings. The molecule has 2 rings (SSSR count). The molecule has 21 heavy (non-hydrogen) atoms. The number of rotatable bonds is 6. The molecule has 0 aliphatic rings. The van der Waals surface area contributed by atoms with Crippen LogP contribution < -0.4 is 10.2 Å². The van der Waals surface area contributed by atoms with Crippen molar-refractivity contribution in [3.8, 4) is 5.75 Å². The van der Waals surface area contributed by atoms with Crippen molar-refractivity contribution in [1.82, 2.24) is 25.7 Å². The predicted octanol–water partition coefficient (Wildman–Crippen LogP) is -0.430. The number of amides is 1. The van der Waals surface area contributed by atoms with E-state index in [4.69, 9.17) is 9.57 Å². The first kappa shape index (κ1) is 17.9. The van der Waals surface area contributed by atoms with E-state index in [1.165, 1.54) is 4.68 Å². The molecule has 0 saturated heterocycles. The Morgan fingerprint density at radius 2 is 2.10 bits per heavy atom. The number of nitrogens with zero attached hydrogens (tertiary/aromatic N) is 4. The van der Waals surface area contributed by atoms with Crippen molar-refractivity contribution < 1.29 is 14.4 Å². The van der Waals surface area contributed by atoms with Crippen LogP contribution in [0, 0.1) is 0 Å². The van der Waals surface area contributed by atoms with E-state index in [1.807, 2.05) is 24.3 Å². The van der Waals surface area contributed by atoms with Gasteiger partial charge in [-0.3, -0.25) is 9.63 Å². The van der Waals surface area contributed by atoms with E-state index in [2.05, 4.69) is 33.6 Å². The molecule has 1 heterocycles. The van der Waals surface area contributed by atoms with Crippen LogP contribution in [0.3, 0.4) is 0 Å². The Labute approximate surface area is 148 Å². The predicted molar refractivity (Wildman–Crippen MR) is 78.1 cm³/mol. The van der Waals surface area contributed by atoms with Gasteiger partial charge in [-0.25, -0.2) is 10.2 Å². The topological polar surface area (TPSA) is 91.2 Å². The Balaban J connectivity index is 0.00000220. The summed E-state index contributed by atoms with van der Waals surface area (Å²) >= 11 is 3.98. The van der Waals surface area contributed by atoms with Crippen molar-refractivity contribution >= 4 is 48.1 Å². The van der Waals surface area contributed by atoms with Gasteiger partial charge >= 0.3 is 29.6 Å². The van der Waals surface area contributed by atoms with Crippen LogP contribution in [0.2, 0.25) is 0 Å². The van der Waals surface area contributed by atoms with Crippen LogP contribution >= 0.6 is 12.6 Å². The van der Waals surface area contributed by atoms with Gasteiger partial charge in [0.25, 0.3) is 5.91 Å². The summed E-state index contributed by atoms with van der Waals surface area (Å²) in [6.07, 6.45) is 0. The van der Waals surface area contributed by atoms with Crippen molar-refractivity contribution in [2.24, 2.45) is 0 Å². The van der Waals surface area contributed by atoms with Crippen molar-refractivity contribution in [3.05, 3.63) is 29.8 Å². The van der Waals surface area contributed by atoms with E-state index in [0.29, 0.717) is 0 Å². The Morgan fingerprint density at radius 1 is 1.38 bits per heavy atom. The molecule has 8 nitrogen and oxygen atoms in total. The van der Waals surface area contributed by atoms with Gasteiger partial charge in [-0.15, -0.1) is 17.7 Å². The third-order valence-electron chi connectivity index (χ3n) is 2.39. The molecule has 0 unspecified atom stereocenters. The number of ether oxygens (including phenoxy) is 1. The number of benzene rings is 1. The Morgan fingerprint density at radius 3 is 2.67 bits per heavy atom. The molecule has 1 aromatic carbocycles. The number of carbonyl (C=O) groups is 1. The van der Waals surface area contributed by atoms with E-state index in [9.17, 15) is 4.79 Å². The van der Waals surface area contributed by atoms with Gasteiger partial charge in [0.2, 0.25) is 5.16 Å². The summed E-state index contributed by atoms with van der Waals surface area (Å²) < 4.78 is 6.29. The van der Waals surface area contributed by atoms with Crippen LogP contribution in [-0.4, -0.2) is 62.8 Å². The maximum atomic E-state index is 11.5. The van der Waals surface area contributed by atoms with Crippen LogP contribution in [0.5, 0.6) is 5.75 Å². The first-order valence-electron chi connectivity index (χ1n) is 5.67. The SMILES string of the molecule is COc1ccc(CONC(=O)Cn2nnnc2S)cc1.[NaH]. The molecule has 108 valence electrons. The van der Waals surface area contributed by atoms with Gasteiger partial charge in [-0.1, -0.05) is 12.1 Å². The number of carbonyl (C=O) groups excluding carboxylic acids is 1. The fourth-order valence-electron chi connectivity index (χ4n) is 1.39. The number of aromatic nitrogens is 4. The molecular formula is C11H14N5NaO3S. The summed E-state index contributed by atoms with van der Waals surface area (Å²) in [4.78, 5) is 16.6. The zero-order chi connectivity index (χ0) is 14.4. The third kappa shape index (κ3) is 5.64. The fraction of sp³-hybridized carbons (Fsp3) is 0.273. The summed E-state index contributed by atoms with van der Waals surface area (Å²) in [6, 6.07) is 7.32. The minimum absolute atomic E-state index is 0. The maximum absolute atomic E-state index is 11.5. The summed E-state index contributed by atoms with van der Waals surface area (Å²) in [5, 5.41) is 10.8. The van der Waals surface area contributed by atoms with Crippen LogP contribution in [-0.2, 0) is 22.8 Å². The van der Waals surface area contributed by atoms with E-state index >= 15 is 0 Å². The van der Waals surface area contributed by atoms with E-state index in [-0.39, 0.29) is 53.8 Å². The molecule has 0 aliphatic heterocycles. The number of hydrogen-bond acceptors (Lipinski definition) is 7. The van der Waals surface area contributed by atoms with Gasteiger partial charge in [0, 0.05) is 0 Å². The van der Waals surface area contributed by atoms with Crippen LogP contribution in [0.15, 0.2) is 29.4 Å². The number of nitrogens with one attached hydrogen (secondary N) is 1. The molecule has 2 aromatic rings.